The van der Waals surface area contributed by atoms with Crippen molar-refractivity contribution in [3.63, 3.8) is 0 Å². The molecule has 0 aromatic carbocycles. The van der Waals surface area contributed by atoms with Gasteiger partial charge in [0.15, 0.2) is 0 Å². The molecule has 1 aliphatic rings. The smallest absolute Gasteiger partial charge is 0.321 e. The first kappa shape index (κ1) is 11.8. The lowest BCUT2D eigenvalue weighted by molar-refractivity contribution is -0.120. The number of nitrogens with one attached hydrogen (secondary N) is 3. The Balaban J connectivity index is 2.24. The van der Waals surface area contributed by atoms with Crippen molar-refractivity contribution in [2.45, 2.75) is 18.9 Å². The molecular formula is C8H12ClN3O3. The molecule has 15 heavy (non-hydrogen) atoms. The van der Waals surface area contributed by atoms with Gasteiger partial charge in [0.05, 0.1) is 6.04 Å². The molecule has 0 saturated carbocycles. The van der Waals surface area contributed by atoms with Crippen LogP contribution in [-0.2, 0) is 9.59 Å². The van der Waals surface area contributed by atoms with Gasteiger partial charge in [-0.1, -0.05) is 0 Å². The van der Waals surface area contributed by atoms with Crippen molar-refractivity contribution in [1.82, 2.24) is 16.0 Å². The van der Waals surface area contributed by atoms with E-state index < -0.39 is 11.9 Å². The Hall–Kier alpha value is -1.30. The SMILES string of the molecule is O=C1CC(NC(=O)NC(=O)CCCl)CN1. The number of alkyl halides is 1. The van der Waals surface area contributed by atoms with Crippen LogP contribution in [0.5, 0.6) is 0 Å². The molecule has 7 heteroatoms. The van der Waals surface area contributed by atoms with Crippen LogP contribution in [0.25, 0.3) is 0 Å². The van der Waals surface area contributed by atoms with E-state index in [1.165, 1.54) is 0 Å². The van der Waals surface area contributed by atoms with E-state index in [9.17, 15) is 14.4 Å². The number of amides is 4. The number of hydrogen-bond donors (Lipinski definition) is 3. The maximum absolute atomic E-state index is 11.2. The van der Waals surface area contributed by atoms with Crippen LogP contribution in [-0.4, -0.2) is 36.3 Å². The van der Waals surface area contributed by atoms with Gasteiger partial charge in [-0.25, -0.2) is 4.79 Å². The van der Waals surface area contributed by atoms with Gasteiger partial charge in [0.2, 0.25) is 11.8 Å². The fraction of sp³-hybridized carbons (Fsp3) is 0.625. The quantitative estimate of drug-likeness (QED) is 0.565. The molecule has 1 rings (SSSR count). The summed E-state index contributed by atoms with van der Waals surface area (Å²) in [6, 6.07) is -0.840. The summed E-state index contributed by atoms with van der Waals surface area (Å²) in [6.07, 6.45) is 0.341. The molecular weight excluding hydrogens is 222 g/mol. The van der Waals surface area contributed by atoms with E-state index in [1.807, 2.05) is 0 Å². The van der Waals surface area contributed by atoms with E-state index in [2.05, 4.69) is 16.0 Å². The van der Waals surface area contributed by atoms with Gasteiger partial charge in [-0.05, 0) is 0 Å². The van der Waals surface area contributed by atoms with Crippen LogP contribution in [0, 0.1) is 0 Å². The summed E-state index contributed by atoms with van der Waals surface area (Å²) in [6.45, 7) is 0.399. The number of carbonyl (C=O) groups is 3. The van der Waals surface area contributed by atoms with E-state index in [0.717, 1.165) is 0 Å². The molecule has 1 heterocycles. The first-order chi connectivity index (χ1) is 7.11. The summed E-state index contributed by atoms with van der Waals surface area (Å²) in [4.78, 5) is 32.9. The fourth-order valence-corrected chi connectivity index (χ4v) is 1.38. The zero-order valence-electron chi connectivity index (χ0n) is 8.01. The number of hydrogen-bond acceptors (Lipinski definition) is 3. The second-order valence-electron chi connectivity index (χ2n) is 3.17. The van der Waals surface area contributed by atoms with Crippen molar-refractivity contribution in [1.29, 1.82) is 0 Å². The van der Waals surface area contributed by atoms with E-state index in [4.69, 9.17) is 11.6 Å². The number of urea groups is 1. The van der Waals surface area contributed by atoms with Gasteiger partial charge in [-0.3, -0.25) is 14.9 Å². The highest BCUT2D eigenvalue weighted by atomic mass is 35.5. The zero-order valence-corrected chi connectivity index (χ0v) is 8.76. The molecule has 1 aliphatic heterocycles. The highest BCUT2D eigenvalue weighted by molar-refractivity contribution is 6.19. The molecule has 1 atom stereocenters. The summed E-state index contributed by atoms with van der Waals surface area (Å²) >= 11 is 5.32. The van der Waals surface area contributed by atoms with E-state index in [1.54, 1.807) is 0 Å². The Kier molecular flexibility index (Phi) is 4.36. The monoisotopic (exact) mass is 233 g/mol. The zero-order chi connectivity index (χ0) is 11.3. The molecule has 4 amide bonds. The molecule has 1 unspecified atom stereocenters. The Morgan fingerprint density at radius 2 is 2.27 bits per heavy atom. The Morgan fingerprint density at radius 1 is 1.53 bits per heavy atom. The average Bonchev–Trinajstić information content (AvgIpc) is 2.51. The number of imide groups is 1. The van der Waals surface area contributed by atoms with Crippen LogP contribution in [0.3, 0.4) is 0 Å². The van der Waals surface area contributed by atoms with E-state index in [-0.39, 0.29) is 30.7 Å². The molecule has 6 nitrogen and oxygen atoms in total. The van der Waals surface area contributed by atoms with Gasteiger partial charge in [-0.15, -0.1) is 11.6 Å². The maximum Gasteiger partial charge on any atom is 0.321 e. The summed E-state index contributed by atoms with van der Waals surface area (Å²) in [5.74, 6) is -0.366. The van der Waals surface area contributed by atoms with Crippen molar-refractivity contribution in [2.24, 2.45) is 0 Å². The van der Waals surface area contributed by atoms with Gasteiger partial charge in [0.1, 0.15) is 0 Å². The van der Waals surface area contributed by atoms with Crippen molar-refractivity contribution in [3.05, 3.63) is 0 Å². The normalized spacial score (nSPS) is 19.5. The minimum Gasteiger partial charge on any atom is -0.354 e. The minimum atomic E-state index is -0.591. The number of rotatable bonds is 3. The van der Waals surface area contributed by atoms with Gasteiger partial charge in [-0.2, -0.15) is 0 Å². The van der Waals surface area contributed by atoms with E-state index in [0.29, 0.717) is 6.54 Å². The van der Waals surface area contributed by atoms with Crippen molar-refractivity contribution >= 4 is 29.4 Å². The summed E-state index contributed by atoms with van der Waals surface area (Å²) in [5, 5.41) is 7.18. The Morgan fingerprint density at radius 3 is 2.80 bits per heavy atom. The summed E-state index contributed by atoms with van der Waals surface area (Å²) < 4.78 is 0. The Labute approximate surface area is 91.7 Å². The molecule has 0 spiro atoms. The van der Waals surface area contributed by atoms with Crippen LogP contribution in [0.2, 0.25) is 0 Å². The third-order valence-electron chi connectivity index (χ3n) is 1.89. The highest BCUT2D eigenvalue weighted by Crippen LogP contribution is 1.98. The molecule has 0 aromatic rings. The van der Waals surface area contributed by atoms with Crippen molar-refractivity contribution < 1.29 is 14.4 Å². The highest BCUT2D eigenvalue weighted by Gasteiger charge is 2.23. The lowest BCUT2D eigenvalue weighted by Crippen LogP contribution is -2.45. The molecule has 0 bridgehead atoms. The molecule has 84 valence electrons. The largest absolute Gasteiger partial charge is 0.354 e. The molecule has 0 aromatic heterocycles. The lowest BCUT2D eigenvalue weighted by Gasteiger charge is -2.10. The first-order valence-electron chi connectivity index (χ1n) is 4.55. The molecule has 1 saturated heterocycles. The maximum atomic E-state index is 11.2. The minimum absolute atomic E-state index is 0.0941. The van der Waals surface area contributed by atoms with Gasteiger partial charge in [0.25, 0.3) is 0 Å². The van der Waals surface area contributed by atoms with Crippen LogP contribution in [0.15, 0.2) is 0 Å². The van der Waals surface area contributed by atoms with Gasteiger partial charge >= 0.3 is 6.03 Å². The standard InChI is InChI=1S/C8H12ClN3O3/c9-2-1-6(13)12-8(15)11-5-3-7(14)10-4-5/h5H,1-4H2,(H,10,14)(H2,11,12,13,15). The second-order valence-corrected chi connectivity index (χ2v) is 3.54. The Bertz CT molecular complexity index is 282. The van der Waals surface area contributed by atoms with Crippen molar-refractivity contribution in [3.8, 4) is 0 Å². The molecule has 0 aliphatic carbocycles. The second kappa shape index (κ2) is 5.55. The van der Waals surface area contributed by atoms with Crippen LogP contribution >= 0.6 is 11.6 Å². The average molecular weight is 234 g/mol. The predicted molar refractivity (Wildman–Crippen MR) is 53.4 cm³/mol. The predicted octanol–water partition coefficient (Wildman–Crippen LogP) is -0.670. The van der Waals surface area contributed by atoms with Crippen LogP contribution in [0.1, 0.15) is 12.8 Å². The van der Waals surface area contributed by atoms with Crippen molar-refractivity contribution in [2.75, 3.05) is 12.4 Å². The molecule has 1 fully saturated rings. The summed E-state index contributed by atoms with van der Waals surface area (Å²) in [5.41, 5.74) is 0. The third kappa shape index (κ3) is 4.16. The van der Waals surface area contributed by atoms with E-state index >= 15 is 0 Å². The third-order valence-corrected chi connectivity index (χ3v) is 2.08. The molecule has 3 N–H and O–H groups in total. The lowest BCUT2D eigenvalue weighted by atomic mass is 10.2. The topological polar surface area (TPSA) is 87.3 Å². The van der Waals surface area contributed by atoms with Gasteiger partial charge < -0.3 is 10.6 Å². The molecule has 0 radical (unpaired) electrons. The first-order valence-corrected chi connectivity index (χ1v) is 5.08. The fourth-order valence-electron chi connectivity index (χ4n) is 1.20. The van der Waals surface area contributed by atoms with Gasteiger partial charge in [0, 0.05) is 25.3 Å². The van der Waals surface area contributed by atoms with Crippen LogP contribution < -0.4 is 16.0 Å². The summed E-state index contributed by atoms with van der Waals surface area (Å²) in [7, 11) is 0. The number of halogens is 1. The number of carbonyl (C=O) groups excluding carboxylic acids is 3. The van der Waals surface area contributed by atoms with Crippen LogP contribution in [0.4, 0.5) is 4.79 Å².